The quantitative estimate of drug-likeness (QED) is 0.647. The topological polar surface area (TPSA) is 107 Å². The zero-order valence-electron chi connectivity index (χ0n) is 11.2. The van der Waals surface area contributed by atoms with Crippen LogP contribution in [0.3, 0.4) is 0 Å². The molecule has 0 spiro atoms. The van der Waals surface area contributed by atoms with Gasteiger partial charge in [0.1, 0.15) is 0 Å². The van der Waals surface area contributed by atoms with Crippen molar-refractivity contribution in [1.82, 2.24) is 4.31 Å². The Bertz CT molecular complexity index is 620. The van der Waals surface area contributed by atoms with Gasteiger partial charge in [-0.2, -0.15) is 4.31 Å². The van der Waals surface area contributed by atoms with E-state index < -0.39 is 26.2 Å². The number of likely N-dealkylation sites (N-methyl/N-ethyl adjacent to an activating group) is 1. The van der Waals surface area contributed by atoms with E-state index in [2.05, 4.69) is 0 Å². The molecule has 0 aliphatic heterocycles. The Morgan fingerprint density at radius 3 is 2.45 bits per heavy atom. The van der Waals surface area contributed by atoms with E-state index in [-0.39, 0.29) is 11.4 Å². The lowest BCUT2D eigenvalue weighted by atomic mass is 9.77. The molecule has 0 bridgehead atoms. The van der Waals surface area contributed by atoms with Crippen molar-refractivity contribution in [2.45, 2.75) is 29.7 Å². The van der Waals surface area contributed by atoms with Crippen molar-refractivity contribution >= 4 is 15.7 Å². The summed E-state index contributed by atoms with van der Waals surface area (Å²) in [6.45, 7) is 0.212. The largest absolute Gasteiger partial charge is 0.329 e. The van der Waals surface area contributed by atoms with Crippen LogP contribution in [-0.4, -0.2) is 36.8 Å². The molecule has 2 N–H and O–H groups in total. The van der Waals surface area contributed by atoms with Crippen molar-refractivity contribution in [3.63, 3.8) is 0 Å². The molecule has 0 unspecified atom stereocenters. The highest BCUT2D eigenvalue weighted by Gasteiger charge is 2.46. The lowest BCUT2D eigenvalue weighted by Crippen LogP contribution is -2.58. The van der Waals surface area contributed by atoms with Crippen molar-refractivity contribution in [1.29, 1.82) is 0 Å². The zero-order valence-corrected chi connectivity index (χ0v) is 12.0. The molecule has 0 saturated heterocycles. The van der Waals surface area contributed by atoms with Crippen LogP contribution in [0, 0.1) is 10.1 Å². The number of nitro benzene ring substituents is 1. The average molecular weight is 299 g/mol. The van der Waals surface area contributed by atoms with E-state index in [4.69, 9.17) is 5.73 Å². The van der Waals surface area contributed by atoms with Crippen LogP contribution in [-0.2, 0) is 10.0 Å². The van der Waals surface area contributed by atoms with Crippen molar-refractivity contribution in [2.75, 3.05) is 13.6 Å². The fraction of sp³-hybridized carbons (Fsp3) is 0.500. The van der Waals surface area contributed by atoms with Gasteiger partial charge in [0, 0.05) is 25.2 Å². The molecule has 1 aliphatic carbocycles. The van der Waals surface area contributed by atoms with Crippen LogP contribution in [0.15, 0.2) is 29.2 Å². The van der Waals surface area contributed by atoms with E-state index in [1.807, 2.05) is 0 Å². The van der Waals surface area contributed by atoms with Gasteiger partial charge in [0.05, 0.1) is 4.92 Å². The number of benzene rings is 1. The molecule has 1 fully saturated rings. The van der Waals surface area contributed by atoms with Crippen LogP contribution in [0.5, 0.6) is 0 Å². The summed E-state index contributed by atoms with van der Waals surface area (Å²) < 4.78 is 26.4. The summed E-state index contributed by atoms with van der Waals surface area (Å²) in [7, 11) is -2.49. The molecule has 7 nitrogen and oxygen atoms in total. The van der Waals surface area contributed by atoms with Crippen LogP contribution >= 0.6 is 0 Å². The van der Waals surface area contributed by atoms with Gasteiger partial charge < -0.3 is 5.73 Å². The van der Waals surface area contributed by atoms with Crippen LogP contribution < -0.4 is 5.73 Å². The SMILES string of the molecule is CN(C1(CN)CCC1)S(=O)(=O)c1ccccc1[N+](=O)[O-]. The zero-order chi connectivity index (χ0) is 15.0. The van der Waals surface area contributed by atoms with Gasteiger partial charge in [0.25, 0.3) is 5.69 Å². The Hall–Kier alpha value is -1.51. The summed E-state index contributed by atoms with van der Waals surface area (Å²) in [5, 5.41) is 11.0. The van der Waals surface area contributed by atoms with Gasteiger partial charge in [0.2, 0.25) is 10.0 Å². The third kappa shape index (κ3) is 2.19. The van der Waals surface area contributed by atoms with Crippen molar-refractivity contribution in [2.24, 2.45) is 5.73 Å². The maximum absolute atomic E-state index is 12.6. The Labute approximate surface area is 117 Å². The maximum Gasteiger partial charge on any atom is 0.289 e. The molecule has 1 aliphatic rings. The second-order valence-corrected chi connectivity index (χ2v) is 6.92. The summed E-state index contributed by atoms with van der Waals surface area (Å²) in [5.74, 6) is 0. The normalized spacial score (nSPS) is 17.8. The number of sulfonamides is 1. The number of nitro groups is 1. The van der Waals surface area contributed by atoms with E-state index in [0.29, 0.717) is 12.8 Å². The first kappa shape index (κ1) is 14.9. The molecule has 0 amide bonds. The predicted molar refractivity (Wildman–Crippen MR) is 73.7 cm³/mol. The lowest BCUT2D eigenvalue weighted by Gasteiger charge is -2.46. The van der Waals surface area contributed by atoms with Crippen LogP contribution in [0.4, 0.5) is 5.69 Å². The molecule has 1 saturated carbocycles. The molecular formula is C12H17N3O4S. The summed E-state index contributed by atoms with van der Waals surface area (Å²) in [6.07, 6.45) is 2.27. The van der Waals surface area contributed by atoms with Crippen LogP contribution in [0.2, 0.25) is 0 Å². The third-order valence-electron chi connectivity index (χ3n) is 4.03. The number of hydrogen-bond donors (Lipinski definition) is 1. The van der Waals surface area contributed by atoms with Gasteiger partial charge in [-0.25, -0.2) is 8.42 Å². The third-order valence-corrected chi connectivity index (χ3v) is 6.04. The van der Waals surface area contributed by atoms with Crippen LogP contribution in [0.25, 0.3) is 0 Å². The smallest absolute Gasteiger partial charge is 0.289 e. The fourth-order valence-corrected chi connectivity index (χ4v) is 4.18. The first-order chi connectivity index (χ1) is 9.35. The molecule has 20 heavy (non-hydrogen) atoms. The Morgan fingerprint density at radius 2 is 2.00 bits per heavy atom. The van der Waals surface area contributed by atoms with E-state index in [1.165, 1.54) is 35.6 Å². The molecule has 8 heteroatoms. The Balaban J connectivity index is 2.48. The highest BCUT2D eigenvalue weighted by Crippen LogP contribution is 2.40. The average Bonchev–Trinajstić information content (AvgIpc) is 2.38. The minimum Gasteiger partial charge on any atom is -0.329 e. The molecule has 2 rings (SSSR count). The number of rotatable bonds is 5. The van der Waals surface area contributed by atoms with Gasteiger partial charge in [0.15, 0.2) is 4.90 Å². The van der Waals surface area contributed by atoms with E-state index >= 15 is 0 Å². The first-order valence-corrected chi connectivity index (χ1v) is 7.72. The molecule has 0 heterocycles. The molecule has 0 aromatic heterocycles. The summed E-state index contributed by atoms with van der Waals surface area (Å²) in [6, 6.07) is 5.37. The van der Waals surface area contributed by atoms with E-state index in [0.717, 1.165) is 6.42 Å². The Kier molecular flexibility index (Phi) is 3.81. The van der Waals surface area contributed by atoms with Crippen molar-refractivity contribution in [3.8, 4) is 0 Å². The summed E-state index contributed by atoms with van der Waals surface area (Å²) in [5.41, 5.74) is 4.68. The predicted octanol–water partition coefficient (Wildman–Crippen LogP) is 1.10. The summed E-state index contributed by atoms with van der Waals surface area (Å²) >= 11 is 0. The van der Waals surface area contributed by atoms with Crippen molar-refractivity contribution in [3.05, 3.63) is 34.4 Å². The fourth-order valence-electron chi connectivity index (χ4n) is 2.46. The second-order valence-electron chi connectivity index (χ2n) is 4.98. The standard InChI is InChI=1S/C12H17N3O4S/c1-14(12(9-13)7-4-8-12)20(18,19)11-6-3-2-5-10(11)15(16)17/h2-3,5-6H,4,7-9,13H2,1H3. The molecule has 0 radical (unpaired) electrons. The number of nitrogens with zero attached hydrogens (tertiary/aromatic N) is 2. The molecule has 1 aromatic carbocycles. The van der Waals surface area contributed by atoms with Gasteiger partial charge in [-0.3, -0.25) is 10.1 Å². The second kappa shape index (κ2) is 5.12. The first-order valence-electron chi connectivity index (χ1n) is 6.28. The van der Waals surface area contributed by atoms with Gasteiger partial charge >= 0.3 is 0 Å². The van der Waals surface area contributed by atoms with E-state index in [1.54, 1.807) is 0 Å². The van der Waals surface area contributed by atoms with Gasteiger partial charge in [-0.1, -0.05) is 12.1 Å². The lowest BCUT2D eigenvalue weighted by molar-refractivity contribution is -0.387. The van der Waals surface area contributed by atoms with Crippen molar-refractivity contribution < 1.29 is 13.3 Å². The molecule has 1 aromatic rings. The monoisotopic (exact) mass is 299 g/mol. The highest BCUT2D eigenvalue weighted by atomic mass is 32.2. The molecule has 110 valence electrons. The van der Waals surface area contributed by atoms with Gasteiger partial charge in [-0.05, 0) is 25.3 Å². The van der Waals surface area contributed by atoms with Gasteiger partial charge in [-0.15, -0.1) is 0 Å². The number of para-hydroxylation sites is 1. The number of hydrogen-bond acceptors (Lipinski definition) is 5. The summed E-state index contributed by atoms with van der Waals surface area (Å²) in [4.78, 5) is 10.0. The van der Waals surface area contributed by atoms with E-state index in [9.17, 15) is 18.5 Å². The maximum atomic E-state index is 12.6. The number of nitrogens with two attached hydrogens (primary N) is 1. The molecule has 0 atom stereocenters. The Morgan fingerprint density at radius 1 is 1.40 bits per heavy atom. The minimum atomic E-state index is -3.93. The highest BCUT2D eigenvalue weighted by molar-refractivity contribution is 7.89. The minimum absolute atomic E-state index is 0.212. The molecular weight excluding hydrogens is 282 g/mol. The van der Waals surface area contributed by atoms with Crippen LogP contribution in [0.1, 0.15) is 19.3 Å².